The van der Waals surface area contributed by atoms with Crippen LogP contribution in [0.2, 0.25) is 5.02 Å². The van der Waals surface area contributed by atoms with Crippen molar-refractivity contribution < 1.29 is 4.79 Å². The van der Waals surface area contributed by atoms with Gasteiger partial charge < -0.3 is 5.32 Å². The molecule has 2 N–H and O–H groups in total. The van der Waals surface area contributed by atoms with Gasteiger partial charge in [-0.1, -0.05) is 47.5 Å². The topological polar surface area (TPSA) is 62.7 Å². The van der Waals surface area contributed by atoms with Gasteiger partial charge in [-0.25, -0.2) is 0 Å². The molecule has 0 spiro atoms. The van der Waals surface area contributed by atoms with Crippen LogP contribution in [0.5, 0.6) is 0 Å². The Morgan fingerprint density at radius 2 is 2.04 bits per heavy atom. The van der Waals surface area contributed by atoms with Crippen molar-refractivity contribution in [3.05, 3.63) is 69.5 Å². The molecule has 0 fully saturated rings. The summed E-state index contributed by atoms with van der Waals surface area (Å²) in [5.41, 5.74) is 3.12. The molecule has 0 aliphatic rings. The number of aromatic amines is 1. The van der Waals surface area contributed by atoms with Crippen LogP contribution in [0, 0.1) is 11.7 Å². The van der Waals surface area contributed by atoms with Gasteiger partial charge in [0.25, 0.3) is 0 Å². The molecule has 3 rings (SSSR count). The highest BCUT2D eigenvalue weighted by atomic mass is 35.5. The van der Waals surface area contributed by atoms with Gasteiger partial charge in [-0.3, -0.25) is 14.5 Å². The lowest BCUT2D eigenvalue weighted by Crippen LogP contribution is -2.27. The number of H-pyrrole nitrogens is 1. The number of hydrogen-bond acceptors (Lipinski definition) is 3. The lowest BCUT2D eigenvalue weighted by molar-refractivity contribution is -0.121. The van der Waals surface area contributed by atoms with Gasteiger partial charge in [0, 0.05) is 23.6 Å². The Kier molecular flexibility index (Phi) is 6.08. The first kappa shape index (κ1) is 19.3. The molecule has 1 amide bonds. The average molecular weight is 401 g/mol. The van der Waals surface area contributed by atoms with E-state index < -0.39 is 0 Å². The predicted octanol–water partition coefficient (Wildman–Crippen LogP) is 4.84. The number of aromatic nitrogens is 3. The Labute approximate surface area is 168 Å². The number of halogens is 1. The van der Waals surface area contributed by atoms with Crippen molar-refractivity contribution in [3.8, 4) is 11.4 Å². The molecule has 0 saturated heterocycles. The van der Waals surface area contributed by atoms with Gasteiger partial charge in [0.15, 0.2) is 10.6 Å². The molecule has 7 heteroatoms. The van der Waals surface area contributed by atoms with Crippen molar-refractivity contribution in [3.63, 3.8) is 0 Å². The van der Waals surface area contributed by atoms with E-state index in [4.69, 9.17) is 23.8 Å². The second-order valence-electron chi connectivity index (χ2n) is 6.46. The molecule has 5 nitrogen and oxygen atoms in total. The third-order valence-corrected chi connectivity index (χ3v) is 4.91. The van der Waals surface area contributed by atoms with Crippen LogP contribution in [-0.4, -0.2) is 20.7 Å². The molecule has 2 aromatic carbocycles. The van der Waals surface area contributed by atoms with E-state index in [-0.39, 0.29) is 11.9 Å². The Bertz CT molecular complexity index is 994. The van der Waals surface area contributed by atoms with Crippen LogP contribution in [0.1, 0.15) is 30.5 Å². The molecule has 1 unspecified atom stereocenters. The van der Waals surface area contributed by atoms with Crippen molar-refractivity contribution >= 4 is 29.7 Å². The Morgan fingerprint density at radius 1 is 1.30 bits per heavy atom. The fraction of sp³-hybridized carbons (Fsp3) is 0.250. The first-order valence-corrected chi connectivity index (χ1v) is 9.50. The lowest BCUT2D eigenvalue weighted by atomic mass is 10.1. The summed E-state index contributed by atoms with van der Waals surface area (Å²) in [6.07, 6.45) is 0.310. The van der Waals surface area contributed by atoms with Gasteiger partial charge in [-0.05, 0) is 49.8 Å². The molecule has 140 valence electrons. The van der Waals surface area contributed by atoms with Gasteiger partial charge in [0.1, 0.15) is 0 Å². The Morgan fingerprint density at radius 3 is 2.74 bits per heavy atom. The van der Waals surface area contributed by atoms with Crippen LogP contribution >= 0.6 is 23.8 Å². The fourth-order valence-electron chi connectivity index (χ4n) is 2.89. The van der Waals surface area contributed by atoms with E-state index in [0.717, 1.165) is 22.5 Å². The van der Waals surface area contributed by atoms with E-state index in [1.807, 2.05) is 66.9 Å². The molecule has 0 aliphatic carbocycles. The standard InChI is InChI=1S/C20H21ClN4OS/c1-13-4-3-5-16(12-13)19-23-24-20(27)25(19)11-10-18(26)22-14(2)15-6-8-17(21)9-7-15/h3-9,12,14H,10-11H2,1-2H3,(H,22,26)(H,24,27). The average Bonchev–Trinajstić information content (AvgIpc) is 3.01. The predicted molar refractivity (Wildman–Crippen MR) is 110 cm³/mol. The number of amides is 1. The number of rotatable bonds is 6. The molecule has 1 atom stereocenters. The number of benzene rings is 2. The Balaban J connectivity index is 1.66. The summed E-state index contributed by atoms with van der Waals surface area (Å²) in [5.74, 6) is 0.693. The third kappa shape index (κ3) is 4.84. The van der Waals surface area contributed by atoms with Crippen LogP contribution in [0.4, 0.5) is 0 Å². The highest BCUT2D eigenvalue weighted by Crippen LogP contribution is 2.19. The SMILES string of the molecule is Cc1cccc(-c2n[nH]c(=S)n2CCC(=O)NC(C)c2ccc(Cl)cc2)c1. The zero-order chi connectivity index (χ0) is 19.4. The van der Waals surface area contributed by atoms with Crippen molar-refractivity contribution in [2.75, 3.05) is 0 Å². The van der Waals surface area contributed by atoms with Crippen molar-refractivity contribution in [1.29, 1.82) is 0 Å². The molecule has 3 aromatic rings. The fourth-order valence-corrected chi connectivity index (χ4v) is 3.24. The maximum Gasteiger partial charge on any atom is 0.222 e. The van der Waals surface area contributed by atoms with E-state index in [0.29, 0.717) is 22.8 Å². The summed E-state index contributed by atoms with van der Waals surface area (Å²) in [5, 5.41) is 10.8. The number of carbonyl (C=O) groups excluding carboxylic acids is 1. The minimum absolute atomic E-state index is 0.0456. The van der Waals surface area contributed by atoms with E-state index in [1.54, 1.807) is 0 Å². The summed E-state index contributed by atoms with van der Waals surface area (Å²) in [7, 11) is 0. The van der Waals surface area contributed by atoms with Crippen molar-refractivity contribution in [2.45, 2.75) is 32.9 Å². The second-order valence-corrected chi connectivity index (χ2v) is 7.29. The molecule has 0 aliphatic heterocycles. The molecule has 1 heterocycles. The third-order valence-electron chi connectivity index (χ3n) is 4.34. The zero-order valence-corrected chi connectivity index (χ0v) is 16.8. The largest absolute Gasteiger partial charge is 0.350 e. The maximum atomic E-state index is 12.4. The summed E-state index contributed by atoms with van der Waals surface area (Å²) >= 11 is 11.2. The van der Waals surface area contributed by atoms with Crippen LogP contribution in [0.25, 0.3) is 11.4 Å². The van der Waals surface area contributed by atoms with Gasteiger partial charge in [-0.15, -0.1) is 0 Å². The molecule has 0 radical (unpaired) electrons. The first-order valence-electron chi connectivity index (χ1n) is 8.71. The van der Waals surface area contributed by atoms with Crippen LogP contribution in [0.3, 0.4) is 0 Å². The second kappa shape index (κ2) is 8.50. The van der Waals surface area contributed by atoms with Crippen LogP contribution in [-0.2, 0) is 11.3 Å². The monoisotopic (exact) mass is 400 g/mol. The number of carbonyl (C=O) groups is 1. The van der Waals surface area contributed by atoms with E-state index in [9.17, 15) is 4.79 Å². The minimum atomic E-state index is -0.0941. The summed E-state index contributed by atoms with van der Waals surface area (Å²) < 4.78 is 2.36. The summed E-state index contributed by atoms with van der Waals surface area (Å²) in [6.45, 7) is 4.43. The number of nitrogens with one attached hydrogen (secondary N) is 2. The highest BCUT2D eigenvalue weighted by molar-refractivity contribution is 7.71. The van der Waals surface area contributed by atoms with E-state index in [1.165, 1.54) is 0 Å². The van der Waals surface area contributed by atoms with Gasteiger partial charge in [-0.2, -0.15) is 5.10 Å². The number of nitrogens with zero attached hydrogens (tertiary/aromatic N) is 2. The lowest BCUT2D eigenvalue weighted by Gasteiger charge is -2.15. The minimum Gasteiger partial charge on any atom is -0.350 e. The summed E-state index contributed by atoms with van der Waals surface area (Å²) in [4.78, 5) is 12.4. The number of aryl methyl sites for hydroxylation is 1. The number of hydrogen-bond donors (Lipinski definition) is 2. The maximum absolute atomic E-state index is 12.4. The highest BCUT2D eigenvalue weighted by Gasteiger charge is 2.13. The quantitative estimate of drug-likeness (QED) is 0.582. The van der Waals surface area contributed by atoms with Gasteiger partial charge in [0.05, 0.1) is 6.04 Å². The summed E-state index contributed by atoms with van der Waals surface area (Å²) in [6, 6.07) is 15.4. The molecule has 27 heavy (non-hydrogen) atoms. The molecule has 0 bridgehead atoms. The molecule has 1 aromatic heterocycles. The van der Waals surface area contributed by atoms with Crippen molar-refractivity contribution in [2.24, 2.45) is 0 Å². The van der Waals surface area contributed by atoms with Gasteiger partial charge in [0.2, 0.25) is 5.91 Å². The molecule has 0 saturated carbocycles. The van der Waals surface area contributed by atoms with Gasteiger partial charge >= 0.3 is 0 Å². The molecular weight excluding hydrogens is 380 g/mol. The van der Waals surface area contributed by atoms with Crippen LogP contribution < -0.4 is 5.32 Å². The normalized spacial score (nSPS) is 12.0. The Hall–Kier alpha value is -2.44. The molecular formula is C20H21ClN4OS. The zero-order valence-electron chi connectivity index (χ0n) is 15.2. The van der Waals surface area contributed by atoms with E-state index >= 15 is 0 Å². The van der Waals surface area contributed by atoms with E-state index in [2.05, 4.69) is 15.5 Å². The van der Waals surface area contributed by atoms with Crippen LogP contribution in [0.15, 0.2) is 48.5 Å². The van der Waals surface area contributed by atoms with Crippen molar-refractivity contribution in [1.82, 2.24) is 20.1 Å². The first-order chi connectivity index (χ1) is 12.9. The smallest absolute Gasteiger partial charge is 0.222 e.